The van der Waals surface area contributed by atoms with E-state index in [0.717, 1.165) is 12.6 Å². The Hall–Kier alpha value is -0.420. The van der Waals surface area contributed by atoms with E-state index >= 15 is 0 Å². The van der Waals surface area contributed by atoms with Crippen molar-refractivity contribution in [2.24, 2.45) is 5.73 Å². The van der Waals surface area contributed by atoms with E-state index in [2.05, 4.69) is 36.0 Å². The third-order valence-electron chi connectivity index (χ3n) is 3.54. The van der Waals surface area contributed by atoms with Crippen LogP contribution in [0.15, 0.2) is 12.1 Å². The summed E-state index contributed by atoms with van der Waals surface area (Å²) in [5, 5.41) is 0. The number of likely N-dealkylation sites (N-methyl/N-ethyl adjacent to an activating group) is 2. The summed E-state index contributed by atoms with van der Waals surface area (Å²) in [6.07, 6.45) is 2.70. The van der Waals surface area contributed by atoms with Crippen LogP contribution < -0.4 is 5.73 Å². The standard InChI is InChI=1S/C13H23N3S/c1-15(9-11-4-3-7-16(11)2)10-13-6-5-12(8-14)17-13/h5-6,11H,3-4,7-10,14H2,1-2H3. The molecule has 0 saturated carbocycles. The summed E-state index contributed by atoms with van der Waals surface area (Å²) < 4.78 is 0. The van der Waals surface area contributed by atoms with Crippen LogP contribution in [0.1, 0.15) is 22.6 Å². The summed E-state index contributed by atoms with van der Waals surface area (Å²) in [7, 11) is 4.46. The van der Waals surface area contributed by atoms with Gasteiger partial charge in [0, 0.05) is 35.4 Å². The highest BCUT2D eigenvalue weighted by Crippen LogP contribution is 2.19. The Morgan fingerprint density at radius 1 is 1.47 bits per heavy atom. The van der Waals surface area contributed by atoms with Crippen LogP contribution in [0.4, 0.5) is 0 Å². The van der Waals surface area contributed by atoms with E-state index in [0.29, 0.717) is 6.54 Å². The number of nitrogens with two attached hydrogens (primary N) is 1. The van der Waals surface area contributed by atoms with Gasteiger partial charge in [0.1, 0.15) is 0 Å². The Kier molecular flexibility index (Phi) is 4.56. The van der Waals surface area contributed by atoms with Crippen molar-refractivity contribution < 1.29 is 0 Å². The van der Waals surface area contributed by atoms with E-state index < -0.39 is 0 Å². The SMILES string of the molecule is CN(Cc1ccc(CN)s1)CC1CCCN1C. The minimum Gasteiger partial charge on any atom is -0.326 e. The van der Waals surface area contributed by atoms with Gasteiger partial charge in [-0.25, -0.2) is 0 Å². The summed E-state index contributed by atoms with van der Waals surface area (Å²) in [6, 6.07) is 5.10. The van der Waals surface area contributed by atoms with Crippen molar-refractivity contribution in [2.75, 3.05) is 27.2 Å². The van der Waals surface area contributed by atoms with Crippen LogP contribution >= 0.6 is 11.3 Å². The molecule has 0 amide bonds. The number of rotatable bonds is 5. The second kappa shape index (κ2) is 5.96. The Labute approximate surface area is 108 Å². The highest BCUT2D eigenvalue weighted by Gasteiger charge is 2.22. The molecule has 1 aliphatic rings. The van der Waals surface area contributed by atoms with Crippen molar-refractivity contribution in [3.63, 3.8) is 0 Å². The summed E-state index contributed by atoms with van der Waals surface area (Å²) in [5.74, 6) is 0. The lowest BCUT2D eigenvalue weighted by Crippen LogP contribution is -2.36. The van der Waals surface area contributed by atoms with Crippen LogP contribution in [0.5, 0.6) is 0 Å². The van der Waals surface area contributed by atoms with E-state index in [-0.39, 0.29) is 0 Å². The molecular formula is C13H23N3S. The van der Waals surface area contributed by atoms with E-state index in [1.165, 1.54) is 35.7 Å². The molecule has 1 atom stereocenters. The maximum Gasteiger partial charge on any atom is 0.0325 e. The molecule has 1 fully saturated rings. The van der Waals surface area contributed by atoms with E-state index in [4.69, 9.17) is 5.73 Å². The van der Waals surface area contributed by atoms with Gasteiger partial charge in [-0.2, -0.15) is 0 Å². The Morgan fingerprint density at radius 2 is 2.24 bits per heavy atom. The summed E-state index contributed by atoms with van der Waals surface area (Å²) in [4.78, 5) is 7.62. The first-order valence-electron chi connectivity index (χ1n) is 6.35. The fourth-order valence-electron chi connectivity index (χ4n) is 2.52. The minimum atomic E-state index is 0.666. The number of thiophene rings is 1. The molecule has 0 bridgehead atoms. The molecule has 0 radical (unpaired) electrons. The molecule has 4 heteroatoms. The van der Waals surface area contributed by atoms with Crippen molar-refractivity contribution >= 4 is 11.3 Å². The smallest absolute Gasteiger partial charge is 0.0325 e. The van der Waals surface area contributed by atoms with Crippen LogP contribution in [0.2, 0.25) is 0 Å². The number of hydrogen-bond donors (Lipinski definition) is 1. The second-order valence-electron chi connectivity index (χ2n) is 5.05. The molecule has 3 nitrogen and oxygen atoms in total. The van der Waals surface area contributed by atoms with Gasteiger partial charge in [0.25, 0.3) is 0 Å². The maximum atomic E-state index is 5.63. The van der Waals surface area contributed by atoms with Crippen molar-refractivity contribution in [1.82, 2.24) is 9.80 Å². The second-order valence-corrected chi connectivity index (χ2v) is 6.30. The van der Waals surface area contributed by atoms with Gasteiger partial charge < -0.3 is 10.6 Å². The van der Waals surface area contributed by atoms with Crippen LogP contribution in [0.25, 0.3) is 0 Å². The van der Waals surface area contributed by atoms with Crippen LogP contribution in [0, 0.1) is 0 Å². The first-order chi connectivity index (χ1) is 8.19. The fraction of sp³-hybridized carbons (Fsp3) is 0.692. The Bertz CT molecular complexity index is 350. The molecule has 2 heterocycles. The lowest BCUT2D eigenvalue weighted by Gasteiger charge is -2.25. The summed E-state index contributed by atoms with van der Waals surface area (Å²) in [5.41, 5.74) is 5.63. The third-order valence-corrected chi connectivity index (χ3v) is 4.63. The van der Waals surface area contributed by atoms with E-state index in [1.807, 2.05) is 11.3 Å². The molecule has 0 spiro atoms. The quantitative estimate of drug-likeness (QED) is 0.867. The molecule has 0 aromatic carbocycles. The highest BCUT2D eigenvalue weighted by molar-refractivity contribution is 7.11. The third kappa shape index (κ3) is 3.52. The maximum absolute atomic E-state index is 5.63. The predicted molar refractivity (Wildman–Crippen MR) is 74.2 cm³/mol. The topological polar surface area (TPSA) is 32.5 Å². The molecule has 1 aromatic heterocycles. The van der Waals surface area contributed by atoms with Gasteiger partial charge in [-0.3, -0.25) is 4.90 Å². The molecule has 17 heavy (non-hydrogen) atoms. The molecule has 0 aliphatic carbocycles. The van der Waals surface area contributed by atoms with Crippen LogP contribution in [-0.4, -0.2) is 43.0 Å². The molecule has 2 rings (SSSR count). The normalized spacial score (nSPS) is 21.5. The van der Waals surface area contributed by atoms with Crippen molar-refractivity contribution in [3.8, 4) is 0 Å². The van der Waals surface area contributed by atoms with Gasteiger partial charge in [0.05, 0.1) is 0 Å². The van der Waals surface area contributed by atoms with E-state index in [1.54, 1.807) is 0 Å². The van der Waals surface area contributed by atoms with Crippen LogP contribution in [-0.2, 0) is 13.1 Å². The zero-order valence-electron chi connectivity index (χ0n) is 10.9. The highest BCUT2D eigenvalue weighted by atomic mass is 32.1. The monoisotopic (exact) mass is 253 g/mol. The van der Waals surface area contributed by atoms with Gasteiger partial charge in [0.15, 0.2) is 0 Å². The van der Waals surface area contributed by atoms with Crippen molar-refractivity contribution in [3.05, 3.63) is 21.9 Å². The van der Waals surface area contributed by atoms with E-state index in [9.17, 15) is 0 Å². The first kappa shape index (κ1) is 13.0. The summed E-state index contributed by atoms with van der Waals surface area (Å²) >= 11 is 1.84. The molecule has 1 aliphatic heterocycles. The van der Waals surface area contributed by atoms with Gasteiger partial charge in [0.2, 0.25) is 0 Å². The summed E-state index contributed by atoms with van der Waals surface area (Å²) in [6.45, 7) is 4.15. The van der Waals surface area contributed by atoms with Gasteiger partial charge >= 0.3 is 0 Å². The number of nitrogens with zero attached hydrogens (tertiary/aromatic N) is 2. The number of hydrogen-bond acceptors (Lipinski definition) is 4. The fourth-order valence-corrected chi connectivity index (χ4v) is 3.49. The van der Waals surface area contributed by atoms with Crippen molar-refractivity contribution in [2.45, 2.75) is 32.0 Å². The van der Waals surface area contributed by atoms with Gasteiger partial charge in [-0.15, -0.1) is 11.3 Å². The van der Waals surface area contributed by atoms with Crippen LogP contribution in [0.3, 0.4) is 0 Å². The molecule has 1 saturated heterocycles. The molecule has 2 N–H and O–H groups in total. The Morgan fingerprint density at radius 3 is 2.82 bits per heavy atom. The van der Waals surface area contributed by atoms with Gasteiger partial charge in [-0.05, 0) is 45.6 Å². The van der Waals surface area contributed by atoms with Crippen molar-refractivity contribution in [1.29, 1.82) is 0 Å². The largest absolute Gasteiger partial charge is 0.326 e. The van der Waals surface area contributed by atoms with Gasteiger partial charge in [-0.1, -0.05) is 0 Å². The molecule has 96 valence electrons. The lowest BCUT2D eigenvalue weighted by atomic mass is 10.2. The number of likely N-dealkylation sites (tertiary alicyclic amines) is 1. The average Bonchev–Trinajstić information content (AvgIpc) is 2.89. The Balaban J connectivity index is 1.82. The zero-order valence-corrected chi connectivity index (χ0v) is 11.7. The lowest BCUT2D eigenvalue weighted by molar-refractivity contribution is 0.216. The average molecular weight is 253 g/mol. The molecule has 1 aromatic rings. The first-order valence-corrected chi connectivity index (χ1v) is 7.17. The zero-order chi connectivity index (χ0) is 12.3. The predicted octanol–water partition coefficient (Wildman–Crippen LogP) is 1.73. The molecular weight excluding hydrogens is 230 g/mol. The minimum absolute atomic E-state index is 0.666. The molecule has 1 unspecified atom stereocenters.